The Labute approximate surface area is 144 Å². The smallest absolute Gasteiger partial charge is 0.271 e. The van der Waals surface area contributed by atoms with Crippen LogP contribution in [-0.4, -0.2) is 52.5 Å². The van der Waals surface area contributed by atoms with Gasteiger partial charge in [-0.3, -0.25) is 9.69 Å². The summed E-state index contributed by atoms with van der Waals surface area (Å²) >= 11 is 1.45. The van der Waals surface area contributed by atoms with Crippen LogP contribution in [0.5, 0.6) is 0 Å². The Kier molecular flexibility index (Phi) is 3.90. The minimum atomic E-state index is -0.176. The van der Waals surface area contributed by atoms with Crippen LogP contribution in [0.25, 0.3) is 10.1 Å². The number of carbonyl (C=O) groups excluding carboxylic acids is 1. The number of fused-ring (bicyclic) bond motifs is 4. The molecule has 2 aromatic rings. The molecule has 1 amide bonds. The number of oxime groups is 1. The van der Waals surface area contributed by atoms with E-state index in [2.05, 4.69) is 10.1 Å². The van der Waals surface area contributed by atoms with E-state index in [-0.39, 0.29) is 17.9 Å². The largest absolute Gasteiger partial charge is 0.408 e. The summed E-state index contributed by atoms with van der Waals surface area (Å²) in [5.74, 6) is 0.120. The molecule has 3 aliphatic heterocycles. The van der Waals surface area contributed by atoms with Gasteiger partial charge in [-0.1, -0.05) is 23.4 Å². The molecule has 24 heavy (non-hydrogen) atoms. The van der Waals surface area contributed by atoms with E-state index in [1.807, 2.05) is 30.3 Å². The topological polar surface area (TPSA) is 82.2 Å². The normalized spacial score (nSPS) is 26.7. The second-order valence-electron chi connectivity index (χ2n) is 6.49. The number of piperidine rings is 3. The number of hydrogen-bond donors (Lipinski definition) is 2. The van der Waals surface area contributed by atoms with Crippen molar-refractivity contribution in [3.63, 3.8) is 0 Å². The quantitative estimate of drug-likeness (QED) is 0.378. The molecule has 0 radical (unpaired) electrons. The number of rotatable bonds is 2. The summed E-state index contributed by atoms with van der Waals surface area (Å²) in [5.41, 5.74) is 5.90. The lowest BCUT2D eigenvalue weighted by molar-refractivity contribution is 0.0284. The van der Waals surface area contributed by atoms with Gasteiger partial charge in [0.1, 0.15) is 0 Å². The van der Waals surface area contributed by atoms with E-state index < -0.39 is 0 Å². The fraction of sp³-hybridized carbons (Fsp3) is 0.412. The van der Waals surface area contributed by atoms with Gasteiger partial charge in [-0.15, -0.1) is 11.3 Å². The lowest BCUT2D eigenvalue weighted by Crippen LogP contribution is -2.61. The molecular formula is C17H20N4O2S. The van der Waals surface area contributed by atoms with Crippen molar-refractivity contribution in [3.8, 4) is 0 Å². The van der Waals surface area contributed by atoms with Crippen molar-refractivity contribution >= 4 is 33.3 Å². The highest BCUT2D eigenvalue weighted by molar-refractivity contribution is 7.20. The van der Waals surface area contributed by atoms with Gasteiger partial charge in [-0.25, -0.2) is 0 Å². The SMILES string of the molecule is NC(=NO)N(C(=O)c1cc2ccccc2s1)[C@H]1CN2CCC1CC2. The van der Waals surface area contributed by atoms with Crippen LogP contribution in [0.2, 0.25) is 0 Å². The standard InChI is InChI=1S/C17H20N4O2S/c18-17(19-23)21(13-10-20-7-5-11(13)6-8-20)16(22)15-9-12-3-1-2-4-14(12)24-15/h1-4,9,11,13,23H,5-8,10H2,(H2,18,19)/t13-/m0/s1. The van der Waals surface area contributed by atoms with Crippen LogP contribution < -0.4 is 5.73 Å². The predicted molar refractivity (Wildman–Crippen MR) is 94.4 cm³/mol. The van der Waals surface area contributed by atoms with Gasteiger partial charge in [-0.2, -0.15) is 0 Å². The minimum absolute atomic E-state index is 0.0267. The van der Waals surface area contributed by atoms with Gasteiger partial charge in [0.25, 0.3) is 5.91 Å². The van der Waals surface area contributed by atoms with Crippen LogP contribution in [0.1, 0.15) is 22.5 Å². The zero-order valence-electron chi connectivity index (χ0n) is 13.3. The summed E-state index contributed by atoms with van der Waals surface area (Å²) in [4.78, 5) is 17.6. The average molecular weight is 344 g/mol. The fourth-order valence-corrected chi connectivity index (χ4v) is 4.90. The molecule has 5 rings (SSSR count). The maximum atomic E-state index is 13.1. The number of nitrogens with two attached hydrogens (primary N) is 1. The molecule has 0 unspecified atom stereocenters. The first kappa shape index (κ1) is 15.4. The monoisotopic (exact) mass is 344 g/mol. The minimum Gasteiger partial charge on any atom is -0.408 e. The van der Waals surface area contributed by atoms with Gasteiger partial charge in [0, 0.05) is 11.2 Å². The zero-order chi connectivity index (χ0) is 16.7. The van der Waals surface area contributed by atoms with Gasteiger partial charge in [0.15, 0.2) is 0 Å². The van der Waals surface area contributed by atoms with Crippen molar-refractivity contribution in [2.45, 2.75) is 18.9 Å². The Morgan fingerprint density at radius 3 is 2.71 bits per heavy atom. The summed E-state index contributed by atoms with van der Waals surface area (Å²) < 4.78 is 1.06. The van der Waals surface area contributed by atoms with E-state index in [0.717, 1.165) is 42.6 Å². The van der Waals surface area contributed by atoms with E-state index in [4.69, 9.17) is 5.73 Å². The highest BCUT2D eigenvalue weighted by atomic mass is 32.1. The van der Waals surface area contributed by atoms with Crippen molar-refractivity contribution in [3.05, 3.63) is 35.2 Å². The molecule has 0 spiro atoms. The highest BCUT2D eigenvalue weighted by Gasteiger charge is 2.41. The summed E-state index contributed by atoms with van der Waals surface area (Å²) in [6.07, 6.45) is 2.11. The molecule has 6 nitrogen and oxygen atoms in total. The van der Waals surface area contributed by atoms with Gasteiger partial charge in [-0.05, 0) is 49.4 Å². The van der Waals surface area contributed by atoms with E-state index >= 15 is 0 Å². The third-order valence-electron chi connectivity index (χ3n) is 5.16. The van der Waals surface area contributed by atoms with Crippen molar-refractivity contribution < 1.29 is 10.0 Å². The molecule has 7 heteroatoms. The number of benzene rings is 1. The molecule has 1 aromatic heterocycles. The molecule has 2 bridgehead atoms. The second-order valence-corrected chi connectivity index (χ2v) is 7.57. The van der Waals surface area contributed by atoms with Gasteiger partial charge in [0.2, 0.25) is 5.96 Å². The number of carbonyl (C=O) groups is 1. The Balaban J connectivity index is 1.69. The van der Waals surface area contributed by atoms with E-state index in [0.29, 0.717) is 10.8 Å². The third-order valence-corrected chi connectivity index (χ3v) is 6.26. The van der Waals surface area contributed by atoms with Gasteiger partial charge in [0.05, 0.1) is 10.9 Å². The molecule has 1 aromatic carbocycles. The summed E-state index contributed by atoms with van der Waals surface area (Å²) in [6, 6.07) is 9.77. The molecule has 3 fully saturated rings. The Bertz CT molecular complexity index is 762. The van der Waals surface area contributed by atoms with Crippen LogP contribution in [0.3, 0.4) is 0 Å². The fourth-order valence-electron chi connectivity index (χ4n) is 3.91. The van der Waals surface area contributed by atoms with Gasteiger partial charge >= 0.3 is 0 Å². The first-order valence-corrected chi connectivity index (χ1v) is 9.01. The lowest BCUT2D eigenvalue weighted by Gasteiger charge is -2.48. The summed E-state index contributed by atoms with van der Waals surface area (Å²) in [7, 11) is 0. The van der Waals surface area contributed by atoms with E-state index in [1.165, 1.54) is 16.2 Å². The molecule has 1 atom stereocenters. The Morgan fingerprint density at radius 1 is 1.33 bits per heavy atom. The molecule has 0 saturated carbocycles. The van der Waals surface area contributed by atoms with Crippen molar-refractivity contribution in [1.82, 2.24) is 9.80 Å². The van der Waals surface area contributed by atoms with Crippen LogP contribution in [0.4, 0.5) is 0 Å². The average Bonchev–Trinajstić information content (AvgIpc) is 3.07. The predicted octanol–water partition coefficient (Wildman–Crippen LogP) is 2.14. The third kappa shape index (κ3) is 2.53. The van der Waals surface area contributed by atoms with Crippen LogP contribution >= 0.6 is 11.3 Å². The van der Waals surface area contributed by atoms with E-state index in [9.17, 15) is 10.0 Å². The maximum absolute atomic E-state index is 13.1. The van der Waals surface area contributed by atoms with Crippen LogP contribution in [-0.2, 0) is 0 Å². The molecule has 3 saturated heterocycles. The Morgan fingerprint density at radius 2 is 2.08 bits per heavy atom. The molecule has 126 valence electrons. The van der Waals surface area contributed by atoms with E-state index in [1.54, 1.807) is 0 Å². The number of thiophene rings is 1. The van der Waals surface area contributed by atoms with Crippen molar-refractivity contribution in [2.24, 2.45) is 16.8 Å². The molecule has 3 N–H and O–H groups in total. The molecule has 3 aliphatic rings. The Hall–Kier alpha value is -2.12. The van der Waals surface area contributed by atoms with Gasteiger partial charge < -0.3 is 15.8 Å². The van der Waals surface area contributed by atoms with Crippen LogP contribution in [0, 0.1) is 5.92 Å². The molecular weight excluding hydrogens is 324 g/mol. The first-order chi connectivity index (χ1) is 11.7. The van der Waals surface area contributed by atoms with Crippen LogP contribution in [0.15, 0.2) is 35.5 Å². The molecule has 4 heterocycles. The highest BCUT2D eigenvalue weighted by Crippen LogP contribution is 2.33. The van der Waals surface area contributed by atoms with Crippen molar-refractivity contribution in [1.29, 1.82) is 0 Å². The van der Waals surface area contributed by atoms with Crippen molar-refractivity contribution in [2.75, 3.05) is 19.6 Å². The number of nitrogens with zero attached hydrogens (tertiary/aromatic N) is 3. The lowest BCUT2D eigenvalue weighted by atomic mass is 9.83. The maximum Gasteiger partial charge on any atom is 0.271 e. The number of amides is 1. The second kappa shape index (κ2) is 6.07. The molecule has 0 aliphatic carbocycles. The number of hydrogen-bond acceptors (Lipinski definition) is 5. The first-order valence-electron chi connectivity index (χ1n) is 8.19. The summed E-state index contributed by atoms with van der Waals surface area (Å²) in [5, 5.41) is 13.4. The summed E-state index contributed by atoms with van der Waals surface area (Å²) in [6.45, 7) is 2.93. The number of guanidine groups is 1. The zero-order valence-corrected chi connectivity index (χ0v) is 14.1.